The van der Waals surface area contributed by atoms with Gasteiger partial charge in [0.2, 0.25) is 5.91 Å². The van der Waals surface area contributed by atoms with Crippen molar-refractivity contribution in [2.45, 2.75) is 469 Å². The molecule has 0 aliphatic carbocycles. The Morgan fingerprint density at radius 3 is 0.816 bits per heavy atom. The monoisotopic (exact) mass is 1220 g/mol. The predicted octanol–water partition coefficient (Wildman–Crippen LogP) is 26.4. The Kier molecular flexibility index (Phi) is 75.3. The topological polar surface area (TPSA) is 95.9 Å². The smallest absolute Gasteiger partial charge is 0.305 e. The summed E-state index contributed by atoms with van der Waals surface area (Å²) in [7, 11) is 0. The number of unbranched alkanes of at least 4 members (excludes halogenated alkanes) is 63. The molecule has 6 nitrogen and oxygen atoms in total. The van der Waals surface area contributed by atoms with Crippen molar-refractivity contribution in [2.24, 2.45) is 0 Å². The molecule has 2 unspecified atom stereocenters. The van der Waals surface area contributed by atoms with Crippen LogP contribution in [0, 0.1) is 0 Å². The van der Waals surface area contributed by atoms with Crippen molar-refractivity contribution in [3.8, 4) is 0 Å². The van der Waals surface area contributed by atoms with Crippen molar-refractivity contribution in [1.82, 2.24) is 5.32 Å². The number of esters is 1. The van der Waals surface area contributed by atoms with Crippen LogP contribution in [0.25, 0.3) is 0 Å². The first-order valence-electron chi connectivity index (χ1n) is 40.1. The number of aliphatic hydroxyl groups is 2. The van der Waals surface area contributed by atoms with Gasteiger partial charge in [0.1, 0.15) is 0 Å². The zero-order valence-corrected chi connectivity index (χ0v) is 59.3. The molecule has 6 heteroatoms. The quantitative estimate of drug-likeness (QED) is 0.0320. The summed E-state index contributed by atoms with van der Waals surface area (Å²) in [6, 6.07) is -0.626. The average molecular weight is 1230 g/mol. The van der Waals surface area contributed by atoms with Gasteiger partial charge in [-0.3, -0.25) is 9.59 Å². The van der Waals surface area contributed by atoms with Crippen molar-refractivity contribution < 1.29 is 24.5 Å². The van der Waals surface area contributed by atoms with Gasteiger partial charge in [-0.15, -0.1) is 0 Å². The summed E-state index contributed by atoms with van der Waals surface area (Å²) in [5, 5.41) is 23.3. The Balaban J connectivity index is 3.35. The normalized spacial score (nSPS) is 12.6. The maximum atomic E-state index is 12.6. The molecule has 0 aromatic heterocycles. The highest BCUT2D eigenvalue weighted by Crippen LogP contribution is 2.20. The van der Waals surface area contributed by atoms with Crippen molar-refractivity contribution in [3.05, 3.63) is 24.3 Å². The number of amides is 1. The fourth-order valence-corrected chi connectivity index (χ4v) is 12.9. The van der Waals surface area contributed by atoms with Gasteiger partial charge in [0.25, 0.3) is 0 Å². The van der Waals surface area contributed by atoms with Gasteiger partial charge < -0.3 is 20.3 Å². The number of carbonyl (C=O) groups excluding carboxylic acids is 2. The third kappa shape index (κ3) is 73.3. The highest BCUT2D eigenvalue weighted by Gasteiger charge is 2.18. The van der Waals surface area contributed by atoms with Crippen LogP contribution in [0.4, 0.5) is 0 Å². The molecule has 2 atom stereocenters. The van der Waals surface area contributed by atoms with Crippen LogP contribution in [0.2, 0.25) is 0 Å². The molecule has 0 aliphatic heterocycles. The minimum atomic E-state index is -0.843. The Hall–Kier alpha value is -1.66. The van der Waals surface area contributed by atoms with E-state index in [1.54, 1.807) is 6.08 Å². The zero-order chi connectivity index (χ0) is 62.8. The van der Waals surface area contributed by atoms with Gasteiger partial charge in [-0.1, -0.05) is 411 Å². The van der Waals surface area contributed by atoms with E-state index in [0.29, 0.717) is 19.4 Å². The third-order valence-electron chi connectivity index (χ3n) is 19.0. The molecule has 0 heterocycles. The Bertz CT molecular complexity index is 1360. The number of aliphatic hydroxyl groups excluding tert-OH is 2. The average Bonchev–Trinajstić information content (AvgIpc) is 3.53. The van der Waals surface area contributed by atoms with Crippen LogP contribution < -0.4 is 5.32 Å². The maximum Gasteiger partial charge on any atom is 0.305 e. The molecule has 516 valence electrons. The van der Waals surface area contributed by atoms with E-state index < -0.39 is 12.1 Å². The lowest BCUT2D eigenvalue weighted by atomic mass is 10.0. The molecule has 0 spiro atoms. The first-order valence-corrected chi connectivity index (χ1v) is 40.1. The second-order valence-corrected chi connectivity index (χ2v) is 27.8. The molecule has 3 N–H and O–H groups in total. The molecule has 0 fully saturated rings. The van der Waals surface area contributed by atoms with Crippen molar-refractivity contribution in [2.75, 3.05) is 13.2 Å². The first kappa shape index (κ1) is 85.3. The molecule has 0 aromatic carbocycles. The molecule has 1 amide bonds. The number of hydrogen-bond donors (Lipinski definition) is 3. The molecule has 0 saturated carbocycles. The van der Waals surface area contributed by atoms with E-state index in [1.807, 2.05) is 6.08 Å². The van der Waals surface area contributed by atoms with Crippen LogP contribution in [0.3, 0.4) is 0 Å². The minimum absolute atomic E-state index is 0.0176. The van der Waals surface area contributed by atoms with E-state index >= 15 is 0 Å². The molecule has 0 rings (SSSR count). The van der Waals surface area contributed by atoms with E-state index in [-0.39, 0.29) is 18.5 Å². The van der Waals surface area contributed by atoms with Crippen LogP contribution in [-0.4, -0.2) is 47.4 Å². The summed E-state index contributed by atoms with van der Waals surface area (Å²) in [6.45, 7) is 4.95. The molecular formula is C81H157NO5. The van der Waals surface area contributed by atoms with E-state index in [0.717, 1.165) is 44.9 Å². The predicted molar refractivity (Wildman–Crippen MR) is 384 cm³/mol. The van der Waals surface area contributed by atoms with Crippen molar-refractivity contribution in [1.29, 1.82) is 0 Å². The molecule has 0 radical (unpaired) electrons. The van der Waals surface area contributed by atoms with E-state index in [9.17, 15) is 19.8 Å². The van der Waals surface area contributed by atoms with Crippen molar-refractivity contribution in [3.63, 3.8) is 0 Å². The molecule has 0 saturated heterocycles. The number of nitrogens with one attached hydrogen (secondary N) is 1. The minimum Gasteiger partial charge on any atom is -0.466 e. The van der Waals surface area contributed by atoms with Gasteiger partial charge in [0.05, 0.1) is 25.4 Å². The first-order chi connectivity index (χ1) is 43.0. The molecular weight excluding hydrogens is 1070 g/mol. The van der Waals surface area contributed by atoms with Gasteiger partial charge in [-0.25, -0.2) is 0 Å². The van der Waals surface area contributed by atoms with Gasteiger partial charge in [-0.05, 0) is 57.8 Å². The lowest BCUT2D eigenvalue weighted by Crippen LogP contribution is -2.45. The number of carbonyl (C=O) groups is 2. The Labute approximate surface area is 545 Å². The summed E-state index contributed by atoms with van der Waals surface area (Å²) >= 11 is 0. The lowest BCUT2D eigenvalue weighted by Gasteiger charge is -2.20. The fourth-order valence-electron chi connectivity index (χ4n) is 12.9. The Morgan fingerprint density at radius 2 is 0.540 bits per heavy atom. The van der Waals surface area contributed by atoms with Crippen LogP contribution in [0.1, 0.15) is 457 Å². The number of ether oxygens (including phenoxy) is 1. The van der Waals surface area contributed by atoms with Gasteiger partial charge in [-0.2, -0.15) is 0 Å². The summed E-state index contributed by atoms with van der Waals surface area (Å²) in [5.41, 5.74) is 0. The maximum absolute atomic E-state index is 12.6. The van der Waals surface area contributed by atoms with Crippen molar-refractivity contribution >= 4 is 11.9 Å². The fraction of sp³-hybridized carbons (Fsp3) is 0.926. The van der Waals surface area contributed by atoms with Crippen LogP contribution in [-0.2, 0) is 14.3 Å². The van der Waals surface area contributed by atoms with Gasteiger partial charge in [0, 0.05) is 12.8 Å². The molecule has 0 aliphatic rings. The standard InChI is InChI=1S/C81H157NO5/c1-3-5-7-9-11-13-15-17-19-21-22-23-32-35-38-42-45-49-53-57-61-65-69-73-79(84)78(77-83)82-80(85)74-70-66-62-58-54-50-46-43-39-36-33-30-28-26-24-25-27-29-31-34-37-40-44-48-52-56-60-64-68-72-76-87-81(86)75-71-67-63-59-55-51-47-41-20-18-16-14-12-10-8-6-4-2/h18,20,69,73,78-79,83-84H,3-17,19,21-68,70-72,74-77H2,1-2H3,(H,82,85)/b20-18-,73-69+. The highest BCUT2D eigenvalue weighted by atomic mass is 16.5. The van der Waals surface area contributed by atoms with Crippen LogP contribution >= 0.6 is 0 Å². The largest absolute Gasteiger partial charge is 0.466 e. The number of allylic oxidation sites excluding steroid dienone is 3. The Morgan fingerprint density at radius 1 is 0.310 bits per heavy atom. The summed E-state index contributed by atoms with van der Waals surface area (Å²) in [4.78, 5) is 24.7. The number of rotatable bonds is 76. The third-order valence-corrected chi connectivity index (χ3v) is 19.0. The summed E-state index contributed by atoms with van der Waals surface area (Å²) in [5.74, 6) is -0.0413. The van der Waals surface area contributed by atoms with E-state index in [4.69, 9.17) is 4.74 Å². The summed E-state index contributed by atoms with van der Waals surface area (Å²) < 4.78 is 5.51. The second kappa shape index (κ2) is 76.8. The highest BCUT2D eigenvalue weighted by molar-refractivity contribution is 5.76. The second-order valence-electron chi connectivity index (χ2n) is 27.8. The van der Waals surface area contributed by atoms with E-state index in [1.165, 1.54) is 385 Å². The number of hydrogen-bond acceptors (Lipinski definition) is 5. The molecule has 0 bridgehead atoms. The van der Waals surface area contributed by atoms with Gasteiger partial charge >= 0.3 is 5.97 Å². The molecule has 0 aromatic rings. The SMILES string of the molecule is CCCCCCCC/C=C\CCCCCCCCCC(=O)OCCCCCCCCCCCCCCCCCCCCCCCCCCCCCCCCC(=O)NC(CO)C(O)/C=C/CCCCCCCCCCCCCCCCCCCCCCC. The lowest BCUT2D eigenvalue weighted by molar-refractivity contribution is -0.143. The van der Waals surface area contributed by atoms with Gasteiger partial charge in [0.15, 0.2) is 0 Å². The summed E-state index contributed by atoms with van der Waals surface area (Å²) in [6.07, 6.45) is 98.7. The van der Waals surface area contributed by atoms with Crippen LogP contribution in [0.5, 0.6) is 0 Å². The zero-order valence-electron chi connectivity index (χ0n) is 59.3. The van der Waals surface area contributed by atoms with E-state index in [2.05, 4.69) is 31.3 Å². The van der Waals surface area contributed by atoms with Crippen LogP contribution in [0.15, 0.2) is 24.3 Å². The molecule has 87 heavy (non-hydrogen) atoms.